The van der Waals surface area contributed by atoms with Gasteiger partial charge in [-0.3, -0.25) is 4.98 Å². The van der Waals surface area contributed by atoms with Gasteiger partial charge in [-0.05, 0) is 24.6 Å². The fraction of sp³-hybridized carbons (Fsp3) is 0.0909. The summed E-state index contributed by atoms with van der Waals surface area (Å²) in [6, 6.07) is 9.74. The first-order valence-corrected chi connectivity index (χ1v) is 4.07. The molecule has 0 aliphatic heterocycles. The molecule has 2 rings (SSSR count). The zero-order chi connectivity index (χ0) is 9.26. The summed E-state index contributed by atoms with van der Waals surface area (Å²) < 4.78 is 0. The van der Waals surface area contributed by atoms with Crippen molar-refractivity contribution in [3.63, 3.8) is 0 Å². The molecule has 0 atom stereocenters. The summed E-state index contributed by atoms with van der Waals surface area (Å²) in [6.45, 7) is 2.02. The van der Waals surface area contributed by atoms with Gasteiger partial charge in [-0.1, -0.05) is 12.1 Å². The lowest BCUT2D eigenvalue weighted by Crippen LogP contribution is -1.85. The van der Waals surface area contributed by atoms with Crippen LogP contribution >= 0.6 is 0 Å². The Bertz CT molecular complexity index is 495. The molecule has 0 saturated heterocycles. The van der Waals surface area contributed by atoms with Crippen molar-refractivity contribution in [3.05, 3.63) is 41.6 Å². The van der Waals surface area contributed by atoms with Crippen LogP contribution in [0, 0.1) is 18.3 Å². The highest BCUT2D eigenvalue weighted by Crippen LogP contribution is 2.18. The van der Waals surface area contributed by atoms with Crippen LogP contribution in [0.2, 0.25) is 0 Å². The lowest BCUT2D eigenvalue weighted by Gasteiger charge is -2.00. The van der Waals surface area contributed by atoms with Crippen molar-refractivity contribution in [1.29, 1.82) is 5.26 Å². The third-order valence-electron chi connectivity index (χ3n) is 2.11. The van der Waals surface area contributed by atoms with Gasteiger partial charge in [-0.25, -0.2) is 0 Å². The molecular formula is C11H8N2. The van der Waals surface area contributed by atoms with Crippen molar-refractivity contribution in [3.8, 4) is 6.07 Å². The molecule has 0 N–H and O–H groups in total. The summed E-state index contributed by atoms with van der Waals surface area (Å²) in [6.07, 6.45) is 1.73. The maximum absolute atomic E-state index is 8.84. The van der Waals surface area contributed by atoms with Crippen LogP contribution in [0.1, 0.15) is 11.1 Å². The van der Waals surface area contributed by atoms with E-state index in [2.05, 4.69) is 11.1 Å². The molecule has 1 heterocycles. The van der Waals surface area contributed by atoms with Crippen LogP contribution in [0.4, 0.5) is 0 Å². The number of pyridine rings is 1. The van der Waals surface area contributed by atoms with Gasteiger partial charge in [-0.2, -0.15) is 5.26 Å². The van der Waals surface area contributed by atoms with Crippen LogP contribution in [-0.2, 0) is 0 Å². The summed E-state index contributed by atoms with van der Waals surface area (Å²) >= 11 is 0. The summed E-state index contributed by atoms with van der Waals surface area (Å²) in [5, 5.41) is 9.89. The monoisotopic (exact) mass is 168 g/mol. The predicted molar refractivity (Wildman–Crippen MR) is 51.2 cm³/mol. The summed E-state index contributed by atoms with van der Waals surface area (Å²) in [4.78, 5) is 4.19. The first-order chi connectivity index (χ1) is 6.33. The smallest absolute Gasteiger partial charge is 0.101 e. The molecular weight excluding hydrogens is 160 g/mol. The molecule has 0 bridgehead atoms. The normalized spacial score (nSPS) is 9.85. The minimum atomic E-state index is 0.640. The maximum Gasteiger partial charge on any atom is 0.101 e. The number of aryl methyl sites for hydroxylation is 1. The Morgan fingerprint density at radius 2 is 2.15 bits per heavy atom. The van der Waals surface area contributed by atoms with Crippen molar-refractivity contribution in [2.24, 2.45) is 0 Å². The number of nitrogens with zero attached hydrogens (tertiary/aromatic N) is 2. The highest BCUT2D eigenvalue weighted by molar-refractivity contribution is 5.86. The summed E-state index contributed by atoms with van der Waals surface area (Å²) in [5.74, 6) is 0. The van der Waals surface area contributed by atoms with Crippen LogP contribution in [0.25, 0.3) is 10.9 Å². The van der Waals surface area contributed by atoms with Gasteiger partial charge >= 0.3 is 0 Å². The average molecular weight is 168 g/mol. The van der Waals surface area contributed by atoms with Crippen molar-refractivity contribution in [1.82, 2.24) is 4.98 Å². The molecule has 0 aliphatic carbocycles. The largest absolute Gasteiger partial charge is 0.255 e. The zero-order valence-corrected chi connectivity index (χ0v) is 7.28. The quantitative estimate of drug-likeness (QED) is 0.605. The van der Waals surface area contributed by atoms with Crippen molar-refractivity contribution >= 4 is 10.9 Å². The van der Waals surface area contributed by atoms with Gasteiger partial charge in [0, 0.05) is 11.6 Å². The SMILES string of the molecule is Cc1ccnc2c(C#N)cccc12. The first-order valence-electron chi connectivity index (χ1n) is 4.07. The molecule has 0 aliphatic rings. The Labute approximate surface area is 76.5 Å². The second-order valence-electron chi connectivity index (χ2n) is 2.94. The molecule has 1 aromatic carbocycles. The molecule has 2 heteroatoms. The summed E-state index contributed by atoms with van der Waals surface area (Å²) in [5.41, 5.74) is 2.59. The molecule has 1 aromatic heterocycles. The van der Waals surface area contributed by atoms with E-state index in [-0.39, 0.29) is 0 Å². The summed E-state index contributed by atoms with van der Waals surface area (Å²) in [7, 11) is 0. The second-order valence-corrected chi connectivity index (χ2v) is 2.94. The predicted octanol–water partition coefficient (Wildman–Crippen LogP) is 2.41. The van der Waals surface area contributed by atoms with Gasteiger partial charge in [0.1, 0.15) is 6.07 Å². The Morgan fingerprint density at radius 1 is 1.31 bits per heavy atom. The number of fused-ring (bicyclic) bond motifs is 1. The van der Waals surface area contributed by atoms with Gasteiger partial charge < -0.3 is 0 Å². The second kappa shape index (κ2) is 2.87. The number of para-hydroxylation sites is 1. The number of benzene rings is 1. The van der Waals surface area contributed by atoms with Crippen LogP contribution in [-0.4, -0.2) is 4.98 Å². The lowest BCUT2D eigenvalue weighted by atomic mass is 10.1. The van der Waals surface area contributed by atoms with Crippen LogP contribution in [0.15, 0.2) is 30.5 Å². The van der Waals surface area contributed by atoms with E-state index in [4.69, 9.17) is 5.26 Å². The first kappa shape index (κ1) is 7.75. The maximum atomic E-state index is 8.84. The fourth-order valence-electron chi connectivity index (χ4n) is 1.40. The van der Waals surface area contributed by atoms with Crippen LogP contribution < -0.4 is 0 Å². The van der Waals surface area contributed by atoms with Gasteiger partial charge in [0.05, 0.1) is 11.1 Å². The Balaban J connectivity index is 2.94. The molecule has 62 valence electrons. The minimum absolute atomic E-state index is 0.640. The number of rotatable bonds is 0. The lowest BCUT2D eigenvalue weighted by molar-refractivity contribution is 1.35. The topological polar surface area (TPSA) is 36.7 Å². The molecule has 2 aromatic rings. The van der Waals surface area contributed by atoms with Gasteiger partial charge in [0.2, 0.25) is 0 Å². The van der Waals surface area contributed by atoms with Gasteiger partial charge in [-0.15, -0.1) is 0 Å². The van der Waals surface area contributed by atoms with E-state index in [1.165, 1.54) is 0 Å². The Hall–Kier alpha value is -1.88. The standard InChI is InChI=1S/C11H8N2/c1-8-5-6-13-11-9(7-12)3-2-4-10(8)11/h2-6H,1H3. The van der Waals surface area contributed by atoms with Crippen molar-refractivity contribution in [2.45, 2.75) is 6.92 Å². The van der Waals surface area contributed by atoms with Gasteiger partial charge in [0.15, 0.2) is 0 Å². The number of hydrogen-bond acceptors (Lipinski definition) is 2. The molecule has 0 saturated carbocycles. The molecule has 0 spiro atoms. The molecule has 0 fully saturated rings. The van der Waals surface area contributed by atoms with E-state index in [0.29, 0.717) is 5.56 Å². The van der Waals surface area contributed by atoms with E-state index in [0.717, 1.165) is 16.5 Å². The van der Waals surface area contributed by atoms with Crippen LogP contribution in [0.3, 0.4) is 0 Å². The number of nitriles is 1. The van der Waals surface area contributed by atoms with E-state index < -0.39 is 0 Å². The third-order valence-corrected chi connectivity index (χ3v) is 2.11. The molecule has 0 radical (unpaired) electrons. The third kappa shape index (κ3) is 1.15. The molecule has 0 unspecified atom stereocenters. The minimum Gasteiger partial charge on any atom is -0.255 e. The Morgan fingerprint density at radius 3 is 2.92 bits per heavy atom. The Kier molecular flexibility index (Phi) is 1.71. The van der Waals surface area contributed by atoms with Crippen molar-refractivity contribution < 1.29 is 0 Å². The zero-order valence-electron chi connectivity index (χ0n) is 7.28. The van der Waals surface area contributed by atoms with Crippen LogP contribution in [0.5, 0.6) is 0 Å². The van der Waals surface area contributed by atoms with Crippen molar-refractivity contribution in [2.75, 3.05) is 0 Å². The molecule has 13 heavy (non-hydrogen) atoms. The molecule has 2 nitrogen and oxygen atoms in total. The molecule has 0 amide bonds. The van der Waals surface area contributed by atoms with E-state index in [1.54, 1.807) is 12.3 Å². The van der Waals surface area contributed by atoms with E-state index in [1.807, 2.05) is 25.1 Å². The van der Waals surface area contributed by atoms with E-state index >= 15 is 0 Å². The number of aromatic nitrogens is 1. The van der Waals surface area contributed by atoms with Gasteiger partial charge in [0.25, 0.3) is 0 Å². The highest BCUT2D eigenvalue weighted by atomic mass is 14.7. The average Bonchev–Trinajstić information content (AvgIpc) is 2.18. The fourth-order valence-corrected chi connectivity index (χ4v) is 1.40. The highest BCUT2D eigenvalue weighted by Gasteiger charge is 2.01. The number of hydrogen-bond donors (Lipinski definition) is 0. The van der Waals surface area contributed by atoms with E-state index in [9.17, 15) is 0 Å².